The molecule has 5 heteroatoms. The second-order valence-corrected chi connectivity index (χ2v) is 5.05. The summed E-state index contributed by atoms with van der Waals surface area (Å²) in [6, 6.07) is 0. The van der Waals surface area contributed by atoms with Crippen LogP contribution in [0.15, 0.2) is 0 Å². The van der Waals surface area contributed by atoms with Crippen LogP contribution in [0.4, 0.5) is 0 Å². The Labute approximate surface area is 109 Å². The summed E-state index contributed by atoms with van der Waals surface area (Å²) < 4.78 is 9.94. The van der Waals surface area contributed by atoms with E-state index in [1.165, 1.54) is 32.6 Å². The molecule has 0 spiro atoms. The molecule has 2 heterocycles. The Hall–Kier alpha value is -0.200. The van der Waals surface area contributed by atoms with Crippen LogP contribution in [-0.4, -0.2) is 59.1 Å². The zero-order chi connectivity index (χ0) is 13.5. The molecule has 108 valence electrons. The Morgan fingerprint density at radius 3 is 2.17 bits per heavy atom. The van der Waals surface area contributed by atoms with Gasteiger partial charge >= 0.3 is 0 Å². The van der Waals surface area contributed by atoms with E-state index in [0.29, 0.717) is 6.10 Å². The molecule has 0 radical (unpaired) electrons. The maximum atomic E-state index is 9.09. The van der Waals surface area contributed by atoms with E-state index < -0.39 is 24.4 Å². The lowest BCUT2D eigenvalue weighted by Crippen LogP contribution is -2.36. The number of unbranched alkanes of at least 4 members (excludes halogenated alkanes) is 2. The molecular formula is C13H26O5. The van der Waals surface area contributed by atoms with E-state index >= 15 is 0 Å². The lowest BCUT2D eigenvalue weighted by Gasteiger charge is -2.16. The van der Waals surface area contributed by atoms with Crippen LogP contribution in [0.1, 0.15) is 39.5 Å². The van der Waals surface area contributed by atoms with Crippen LogP contribution in [0.3, 0.4) is 0 Å². The number of aliphatic hydroxyl groups excluding tert-OH is 3. The normalized spacial score (nSPS) is 35.8. The largest absolute Gasteiger partial charge is 0.391 e. The van der Waals surface area contributed by atoms with Crippen molar-refractivity contribution in [2.75, 3.05) is 13.2 Å². The molecule has 5 atom stereocenters. The number of epoxide rings is 1. The van der Waals surface area contributed by atoms with Gasteiger partial charge in [-0.25, -0.2) is 0 Å². The molecule has 0 bridgehead atoms. The van der Waals surface area contributed by atoms with Gasteiger partial charge in [0.05, 0.1) is 25.4 Å². The minimum absolute atomic E-state index is 0.108. The zero-order valence-electron chi connectivity index (χ0n) is 11.3. The lowest BCUT2D eigenvalue weighted by atomic mass is 10.1. The van der Waals surface area contributed by atoms with Crippen molar-refractivity contribution >= 4 is 0 Å². The summed E-state index contributed by atoms with van der Waals surface area (Å²) in [5.74, 6) is 0. The van der Waals surface area contributed by atoms with E-state index in [9.17, 15) is 0 Å². The van der Waals surface area contributed by atoms with Crippen molar-refractivity contribution in [1.29, 1.82) is 0 Å². The highest BCUT2D eigenvalue weighted by atomic mass is 16.6. The summed E-state index contributed by atoms with van der Waals surface area (Å²) in [5, 5.41) is 27.0. The first-order chi connectivity index (χ1) is 8.56. The molecule has 2 saturated heterocycles. The summed E-state index contributed by atoms with van der Waals surface area (Å²) in [7, 11) is 0. The number of rotatable bonds is 5. The van der Waals surface area contributed by atoms with Gasteiger partial charge in [0, 0.05) is 0 Å². The molecule has 2 fully saturated rings. The SMILES string of the molecule is CC(O)C1OCC(O)C1O.CCCCCC1CO1. The molecule has 3 N–H and O–H groups in total. The van der Waals surface area contributed by atoms with Crippen LogP contribution >= 0.6 is 0 Å². The predicted octanol–water partition coefficient (Wildman–Crippen LogP) is 0.453. The van der Waals surface area contributed by atoms with Gasteiger partial charge in [0.2, 0.25) is 0 Å². The highest BCUT2D eigenvalue weighted by Gasteiger charge is 2.37. The molecule has 5 unspecified atom stereocenters. The van der Waals surface area contributed by atoms with Gasteiger partial charge in [-0.3, -0.25) is 0 Å². The minimum atomic E-state index is -0.944. The maximum absolute atomic E-state index is 9.09. The Morgan fingerprint density at radius 2 is 1.83 bits per heavy atom. The average Bonchev–Trinajstić information content (AvgIpc) is 3.08. The maximum Gasteiger partial charge on any atom is 0.112 e. The molecular weight excluding hydrogens is 236 g/mol. The van der Waals surface area contributed by atoms with E-state index in [4.69, 9.17) is 24.8 Å². The Bertz CT molecular complexity index is 217. The first-order valence-corrected chi connectivity index (χ1v) is 6.83. The third-order valence-corrected chi connectivity index (χ3v) is 3.20. The molecule has 2 rings (SSSR count). The molecule has 0 aromatic heterocycles. The van der Waals surface area contributed by atoms with E-state index in [0.717, 1.165) is 6.61 Å². The van der Waals surface area contributed by atoms with Crippen LogP contribution in [-0.2, 0) is 9.47 Å². The fourth-order valence-electron chi connectivity index (χ4n) is 1.91. The molecule has 0 saturated carbocycles. The van der Waals surface area contributed by atoms with Crippen LogP contribution in [0.5, 0.6) is 0 Å². The summed E-state index contributed by atoms with van der Waals surface area (Å²) >= 11 is 0. The number of aliphatic hydroxyl groups is 3. The topological polar surface area (TPSA) is 82.5 Å². The van der Waals surface area contributed by atoms with Gasteiger partial charge in [0.25, 0.3) is 0 Å². The third kappa shape index (κ3) is 5.63. The Balaban J connectivity index is 0.000000184. The number of hydrogen-bond donors (Lipinski definition) is 3. The predicted molar refractivity (Wildman–Crippen MR) is 67.3 cm³/mol. The fraction of sp³-hybridized carbons (Fsp3) is 1.00. The van der Waals surface area contributed by atoms with Crippen molar-refractivity contribution in [3.8, 4) is 0 Å². The Kier molecular flexibility index (Phi) is 7.11. The average molecular weight is 262 g/mol. The molecule has 2 aliphatic heterocycles. The van der Waals surface area contributed by atoms with Crippen molar-refractivity contribution in [2.45, 2.75) is 70.1 Å². The minimum Gasteiger partial charge on any atom is -0.391 e. The van der Waals surface area contributed by atoms with Crippen molar-refractivity contribution in [2.24, 2.45) is 0 Å². The van der Waals surface area contributed by atoms with E-state index in [1.54, 1.807) is 0 Å². The van der Waals surface area contributed by atoms with Gasteiger partial charge < -0.3 is 24.8 Å². The summed E-state index contributed by atoms with van der Waals surface area (Å²) in [5.41, 5.74) is 0. The third-order valence-electron chi connectivity index (χ3n) is 3.20. The highest BCUT2D eigenvalue weighted by Crippen LogP contribution is 2.17. The lowest BCUT2D eigenvalue weighted by molar-refractivity contribution is -0.0429. The smallest absolute Gasteiger partial charge is 0.112 e. The Morgan fingerprint density at radius 1 is 1.17 bits per heavy atom. The van der Waals surface area contributed by atoms with Gasteiger partial charge in [-0.2, -0.15) is 0 Å². The van der Waals surface area contributed by atoms with Gasteiger partial charge in [-0.1, -0.05) is 26.2 Å². The van der Waals surface area contributed by atoms with Gasteiger partial charge in [0.1, 0.15) is 18.3 Å². The second-order valence-electron chi connectivity index (χ2n) is 5.05. The van der Waals surface area contributed by atoms with Gasteiger partial charge in [0.15, 0.2) is 0 Å². The summed E-state index contributed by atoms with van der Waals surface area (Å²) in [6.45, 7) is 4.89. The van der Waals surface area contributed by atoms with Crippen molar-refractivity contribution < 1.29 is 24.8 Å². The molecule has 0 aromatic carbocycles. The monoisotopic (exact) mass is 262 g/mol. The van der Waals surface area contributed by atoms with E-state index in [-0.39, 0.29) is 6.61 Å². The van der Waals surface area contributed by atoms with Crippen molar-refractivity contribution in [1.82, 2.24) is 0 Å². The van der Waals surface area contributed by atoms with Crippen LogP contribution < -0.4 is 0 Å². The summed E-state index contributed by atoms with van der Waals surface area (Å²) in [6.07, 6.45) is 2.87. The summed E-state index contributed by atoms with van der Waals surface area (Å²) in [4.78, 5) is 0. The molecule has 0 aromatic rings. The van der Waals surface area contributed by atoms with Crippen LogP contribution in [0.2, 0.25) is 0 Å². The van der Waals surface area contributed by atoms with Crippen molar-refractivity contribution in [3.05, 3.63) is 0 Å². The molecule has 2 aliphatic rings. The molecule has 0 aliphatic carbocycles. The first kappa shape index (κ1) is 15.9. The second kappa shape index (κ2) is 8.07. The fourth-order valence-corrected chi connectivity index (χ4v) is 1.91. The quantitative estimate of drug-likeness (QED) is 0.495. The molecule has 5 nitrogen and oxygen atoms in total. The highest BCUT2D eigenvalue weighted by molar-refractivity contribution is 4.85. The van der Waals surface area contributed by atoms with E-state index in [2.05, 4.69) is 6.92 Å². The zero-order valence-corrected chi connectivity index (χ0v) is 11.3. The first-order valence-electron chi connectivity index (χ1n) is 6.83. The van der Waals surface area contributed by atoms with Gasteiger partial charge in [-0.05, 0) is 13.3 Å². The van der Waals surface area contributed by atoms with Gasteiger partial charge in [-0.15, -0.1) is 0 Å². The standard InChI is InChI=1S/C7H14O.C6H12O4/c1-2-3-4-5-7-6-8-7;1-3(7)6-5(9)4(8)2-10-6/h7H,2-6H2,1H3;3-9H,2H2,1H3. The molecule has 0 amide bonds. The van der Waals surface area contributed by atoms with E-state index in [1.807, 2.05) is 0 Å². The van der Waals surface area contributed by atoms with Crippen LogP contribution in [0.25, 0.3) is 0 Å². The number of ether oxygens (including phenoxy) is 2. The van der Waals surface area contributed by atoms with Crippen molar-refractivity contribution in [3.63, 3.8) is 0 Å². The van der Waals surface area contributed by atoms with Crippen LogP contribution in [0, 0.1) is 0 Å². The molecule has 18 heavy (non-hydrogen) atoms. The number of hydrogen-bond acceptors (Lipinski definition) is 5.